The maximum atomic E-state index is 12.7. The van der Waals surface area contributed by atoms with E-state index in [9.17, 15) is 4.79 Å². The van der Waals surface area contributed by atoms with Crippen molar-refractivity contribution in [2.75, 3.05) is 6.61 Å². The fourth-order valence-electron chi connectivity index (χ4n) is 3.02. The van der Waals surface area contributed by atoms with E-state index in [2.05, 4.69) is 12.1 Å². The van der Waals surface area contributed by atoms with Gasteiger partial charge in [-0.05, 0) is 48.8 Å². The maximum absolute atomic E-state index is 12.7. The SMILES string of the molecule is O=C(C1=CCCCCC1)C1OCCc2ccccc21. The molecule has 0 N–H and O–H groups in total. The van der Waals surface area contributed by atoms with Crippen molar-refractivity contribution in [2.24, 2.45) is 0 Å². The van der Waals surface area contributed by atoms with Crippen molar-refractivity contribution in [1.29, 1.82) is 0 Å². The maximum Gasteiger partial charge on any atom is 0.191 e. The van der Waals surface area contributed by atoms with Crippen LogP contribution in [-0.2, 0) is 16.0 Å². The number of hydrogen-bond acceptors (Lipinski definition) is 2. The van der Waals surface area contributed by atoms with Crippen molar-refractivity contribution < 1.29 is 9.53 Å². The molecule has 1 aliphatic carbocycles. The second-order valence-electron chi connectivity index (χ2n) is 5.39. The Labute approximate surface area is 114 Å². The van der Waals surface area contributed by atoms with Crippen LogP contribution in [0.2, 0.25) is 0 Å². The van der Waals surface area contributed by atoms with E-state index in [4.69, 9.17) is 4.74 Å². The number of hydrogen-bond donors (Lipinski definition) is 0. The van der Waals surface area contributed by atoms with Gasteiger partial charge in [0.1, 0.15) is 6.10 Å². The molecule has 0 bridgehead atoms. The summed E-state index contributed by atoms with van der Waals surface area (Å²) in [6, 6.07) is 8.18. The van der Waals surface area contributed by atoms with Gasteiger partial charge in [-0.3, -0.25) is 4.79 Å². The van der Waals surface area contributed by atoms with E-state index in [1.807, 2.05) is 18.2 Å². The molecule has 1 aromatic carbocycles. The molecule has 0 amide bonds. The van der Waals surface area contributed by atoms with Gasteiger partial charge in [-0.1, -0.05) is 36.8 Å². The van der Waals surface area contributed by atoms with Crippen LogP contribution in [0.1, 0.15) is 49.3 Å². The average Bonchev–Trinajstić information content (AvgIpc) is 2.75. The van der Waals surface area contributed by atoms with Gasteiger partial charge in [0.05, 0.1) is 6.61 Å². The Morgan fingerprint density at radius 2 is 2.00 bits per heavy atom. The van der Waals surface area contributed by atoms with E-state index in [-0.39, 0.29) is 11.9 Å². The van der Waals surface area contributed by atoms with Gasteiger partial charge in [0.15, 0.2) is 5.78 Å². The van der Waals surface area contributed by atoms with E-state index < -0.39 is 0 Å². The molecule has 1 unspecified atom stereocenters. The molecule has 2 aliphatic rings. The summed E-state index contributed by atoms with van der Waals surface area (Å²) in [5, 5.41) is 0. The molecule has 1 atom stereocenters. The second kappa shape index (κ2) is 5.70. The topological polar surface area (TPSA) is 26.3 Å². The van der Waals surface area contributed by atoms with Crippen LogP contribution >= 0.6 is 0 Å². The van der Waals surface area contributed by atoms with Crippen molar-refractivity contribution in [3.05, 3.63) is 47.0 Å². The Kier molecular flexibility index (Phi) is 3.79. The van der Waals surface area contributed by atoms with Gasteiger partial charge in [-0.15, -0.1) is 0 Å². The third-order valence-corrected chi connectivity index (χ3v) is 4.09. The number of carbonyl (C=O) groups excluding carboxylic acids is 1. The Hall–Kier alpha value is -1.41. The van der Waals surface area contributed by atoms with Crippen LogP contribution in [-0.4, -0.2) is 12.4 Å². The predicted molar refractivity (Wildman–Crippen MR) is 75.0 cm³/mol. The fourth-order valence-corrected chi connectivity index (χ4v) is 3.02. The lowest BCUT2D eigenvalue weighted by molar-refractivity contribution is -0.128. The third-order valence-electron chi connectivity index (χ3n) is 4.09. The summed E-state index contributed by atoms with van der Waals surface area (Å²) < 4.78 is 5.77. The van der Waals surface area contributed by atoms with Crippen LogP contribution in [0.15, 0.2) is 35.9 Å². The quantitative estimate of drug-likeness (QED) is 0.805. The summed E-state index contributed by atoms with van der Waals surface area (Å²) in [6.07, 6.45) is 8.21. The lowest BCUT2D eigenvalue weighted by Gasteiger charge is -2.25. The number of rotatable bonds is 2. The van der Waals surface area contributed by atoms with Gasteiger partial charge in [0.2, 0.25) is 0 Å². The summed E-state index contributed by atoms with van der Waals surface area (Å²) in [7, 11) is 0. The number of fused-ring (bicyclic) bond motifs is 1. The summed E-state index contributed by atoms with van der Waals surface area (Å²) in [5.41, 5.74) is 3.32. The number of ether oxygens (including phenoxy) is 1. The normalized spacial score (nSPS) is 23.2. The predicted octanol–water partition coefficient (Wildman–Crippen LogP) is 3.76. The van der Waals surface area contributed by atoms with Gasteiger partial charge in [0, 0.05) is 0 Å². The van der Waals surface area contributed by atoms with Crippen molar-refractivity contribution in [3.63, 3.8) is 0 Å². The Morgan fingerprint density at radius 1 is 1.11 bits per heavy atom. The lowest BCUT2D eigenvalue weighted by Crippen LogP contribution is -2.24. The number of ketones is 1. The van der Waals surface area contributed by atoms with Crippen molar-refractivity contribution >= 4 is 5.78 Å². The molecule has 1 heterocycles. The van der Waals surface area contributed by atoms with E-state index in [1.54, 1.807) is 0 Å². The Balaban J connectivity index is 1.86. The zero-order chi connectivity index (χ0) is 13.1. The molecule has 0 aromatic heterocycles. The molecule has 2 heteroatoms. The van der Waals surface area contributed by atoms with Gasteiger partial charge >= 0.3 is 0 Å². The number of carbonyl (C=O) groups is 1. The molecular weight excluding hydrogens is 236 g/mol. The first-order valence-electron chi connectivity index (χ1n) is 7.29. The molecule has 0 saturated heterocycles. The zero-order valence-electron chi connectivity index (χ0n) is 11.2. The number of Topliss-reactive ketones (excluding diaryl/α,β-unsaturated/α-hetero) is 1. The zero-order valence-corrected chi connectivity index (χ0v) is 11.2. The molecule has 100 valence electrons. The molecular formula is C17H20O2. The summed E-state index contributed by atoms with van der Waals surface area (Å²) in [6.45, 7) is 0.653. The van der Waals surface area contributed by atoms with Gasteiger partial charge in [-0.25, -0.2) is 0 Å². The summed E-state index contributed by atoms with van der Waals surface area (Å²) >= 11 is 0. The van der Waals surface area contributed by atoms with E-state index >= 15 is 0 Å². The lowest BCUT2D eigenvalue weighted by atomic mass is 9.91. The highest BCUT2D eigenvalue weighted by molar-refractivity contribution is 5.99. The van der Waals surface area contributed by atoms with Crippen LogP contribution < -0.4 is 0 Å². The first-order valence-corrected chi connectivity index (χ1v) is 7.29. The van der Waals surface area contributed by atoms with Crippen LogP contribution in [0.3, 0.4) is 0 Å². The van der Waals surface area contributed by atoms with Gasteiger partial charge < -0.3 is 4.74 Å². The highest BCUT2D eigenvalue weighted by Crippen LogP contribution is 2.31. The molecule has 0 radical (unpaired) electrons. The minimum absolute atomic E-state index is 0.189. The highest BCUT2D eigenvalue weighted by Gasteiger charge is 2.29. The van der Waals surface area contributed by atoms with Gasteiger partial charge in [0.25, 0.3) is 0 Å². The highest BCUT2D eigenvalue weighted by atomic mass is 16.5. The first-order chi connectivity index (χ1) is 9.36. The van der Waals surface area contributed by atoms with E-state index in [0.717, 1.165) is 36.8 Å². The van der Waals surface area contributed by atoms with Crippen LogP contribution in [0, 0.1) is 0 Å². The van der Waals surface area contributed by atoms with Crippen molar-refractivity contribution in [2.45, 2.75) is 44.6 Å². The van der Waals surface area contributed by atoms with E-state index in [1.165, 1.54) is 18.4 Å². The molecule has 19 heavy (non-hydrogen) atoms. The van der Waals surface area contributed by atoms with Crippen LogP contribution in [0.4, 0.5) is 0 Å². The summed E-state index contributed by atoms with van der Waals surface area (Å²) in [4.78, 5) is 12.7. The van der Waals surface area contributed by atoms with Crippen LogP contribution in [0.25, 0.3) is 0 Å². The molecule has 1 aromatic rings. The molecule has 0 spiro atoms. The minimum atomic E-state index is -0.366. The second-order valence-corrected chi connectivity index (χ2v) is 5.39. The number of benzene rings is 1. The standard InChI is InChI=1S/C17H20O2/c18-16(14-8-3-1-2-4-9-14)17-15-10-6-5-7-13(15)11-12-19-17/h5-8,10,17H,1-4,9,11-12H2. The smallest absolute Gasteiger partial charge is 0.191 e. The largest absolute Gasteiger partial charge is 0.365 e. The average molecular weight is 256 g/mol. The number of allylic oxidation sites excluding steroid dienone is 1. The molecule has 1 aliphatic heterocycles. The Morgan fingerprint density at radius 3 is 2.95 bits per heavy atom. The summed E-state index contributed by atoms with van der Waals surface area (Å²) in [5.74, 6) is 0.189. The Bertz CT molecular complexity index is 502. The molecule has 3 rings (SSSR count). The van der Waals surface area contributed by atoms with Crippen molar-refractivity contribution in [1.82, 2.24) is 0 Å². The molecule has 0 saturated carbocycles. The van der Waals surface area contributed by atoms with Crippen molar-refractivity contribution in [3.8, 4) is 0 Å². The molecule has 2 nitrogen and oxygen atoms in total. The van der Waals surface area contributed by atoms with Crippen LogP contribution in [0.5, 0.6) is 0 Å². The fraction of sp³-hybridized carbons (Fsp3) is 0.471. The van der Waals surface area contributed by atoms with E-state index in [0.29, 0.717) is 6.61 Å². The monoisotopic (exact) mass is 256 g/mol. The first kappa shape index (κ1) is 12.6. The third kappa shape index (κ3) is 2.64. The van der Waals surface area contributed by atoms with Gasteiger partial charge in [-0.2, -0.15) is 0 Å². The minimum Gasteiger partial charge on any atom is -0.365 e. The molecule has 0 fully saturated rings.